The van der Waals surface area contributed by atoms with Crippen LogP contribution >= 0.6 is 23.2 Å². The summed E-state index contributed by atoms with van der Waals surface area (Å²) in [6, 6.07) is 26.1. The molecule has 0 saturated heterocycles. The molecule has 0 fully saturated rings. The molecule has 2 nitrogen and oxygen atoms in total. The van der Waals surface area contributed by atoms with Crippen LogP contribution in [0.5, 0.6) is 0 Å². The van der Waals surface area contributed by atoms with E-state index < -0.39 is 0 Å². The maximum atomic E-state index is 6.08. The van der Waals surface area contributed by atoms with E-state index in [9.17, 15) is 0 Å². The van der Waals surface area contributed by atoms with E-state index in [1.54, 1.807) is 6.07 Å². The summed E-state index contributed by atoms with van der Waals surface area (Å²) in [6.07, 6.45) is 1.81. The maximum absolute atomic E-state index is 6.08. The largest absolute Gasteiger partial charge is 0.288 e. The molecule has 0 unspecified atom stereocenters. The summed E-state index contributed by atoms with van der Waals surface area (Å²) in [7, 11) is 0. The van der Waals surface area contributed by atoms with Crippen LogP contribution in [0, 0.1) is 0 Å². The van der Waals surface area contributed by atoms with Gasteiger partial charge in [-0.3, -0.25) is 5.01 Å². The van der Waals surface area contributed by atoms with Crippen LogP contribution in [0.3, 0.4) is 0 Å². The molecule has 0 bridgehead atoms. The summed E-state index contributed by atoms with van der Waals surface area (Å²) in [5.74, 6) is 0. The van der Waals surface area contributed by atoms with E-state index in [-0.39, 0.29) is 0 Å². The molecule has 0 saturated carbocycles. The quantitative estimate of drug-likeness (QED) is 0.383. The molecule has 25 heavy (non-hydrogen) atoms. The smallest absolute Gasteiger partial charge is 0.0614 e. The average Bonchev–Trinajstić information content (AvgIpc) is 2.64. The first kappa shape index (κ1) is 17.5. The molecular formula is C21H18Cl2N2. The first-order valence-corrected chi connectivity index (χ1v) is 8.78. The van der Waals surface area contributed by atoms with Gasteiger partial charge in [0.05, 0.1) is 29.3 Å². The summed E-state index contributed by atoms with van der Waals surface area (Å²) in [5, 5.41) is 7.77. The van der Waals surface area contributed by atoms with Crippen LogP contribution in [0.15, 0.2) is 84.0 Å². The summed E-state index contributed by atoms with van der Waals surface area (Å²) in [5.41, 5.74) is 3.34. The highest BCUT2D eigenvalue weighted by atomic mass is 35.5. The summed E-state index contributed by atoms with van der Waals surface area (Å²) >= 11 is 12.1. The Balaban J connectivity index is 1.79. The third-order valence-corrected chi connectivity index (χ3v) is 4.47. The van der Waals surface area contributed by atoms with E-state index in [1.165, 1.54) is 11.1 Å². The molecule has 3 aromatic carbocycles. The topological polar surface area (TPSA) is 15.6 Å². The summed E-state index contributed by atoms with van der Waals surface area (Å²) < 4.78 is 0. The van der Waals surface area contributed by atoms with Crippen LogP contribution < -0.4 is 0 Å². The molecule has 0 aliphatic heterocycles. The lowest BCUT2D eigenvalue weighted by atomic mass is 10.2. The van der Waals surface area contributed by atoms with E-state index in [0.29, 0.717) is 10.0 Å². The Hall–Kier alpha value is -2.29. The highest BCUT2D eigenvalue weighted by Gasteiger charge is 2.04. The van der Waals surface area contributed by atoms with Crippen LogP contribution in [0.4, 0.5) is 0 Å². The molecule has 0 heterocycles. The van der Waals surface area contributed by atoms with Crippen molar-refractivity contribution in [2.24, 2.45) is 5.10 Å². The lowest BCUT2D eigenvalue weighted by molar-refractivity contribution is 0.272. The first-order valence-electron chi connectivity index (χ1n) is 8.02. The van der Waals surface area contributed by atoms with Crippen molar-refractivity contribution < 1.29 is 0 Å². The molecule has 0 spiro atoms. The minimum absolute atomic E-state index is 0.531. The van der Waals surface area contributed by atoms with Crippen molar-refractivity contribution in [3.05, 3.63) is 106 Å². The number of nitrogens with zero attached hydrogens (tertiary/aromatic N) is 2. The molecule has 4 heteroatoms. The second-order valence-electron chi connectivity index (χ2n) is 5.71. The standard InChI is InChI=1S/C21H18Cl2N2/c22-20-12-11-19(13-21(20)23)14-24-25(15-17-7-3-1-4-8-17)16-18-9-5-2-6-10-18/h1-14H,15-16H2. The van der Waals surface area contributed by atoms with Crippen LogP contribution in [0.1, 0.15) is 16.7 Å². The molecule has 0 N–H and O–H groups in total. The van der Waals surface area contributed by atoms with Crippen LogP contribution in [-0.2, 0) is 13.1 Å². The zero-order valence-electron chi connectivity index (χ0n) is 13.6. The molecule has 0 atom stereocenters. The Kier molecular flexibility index (Phi) is 6.10. The maximum Gasteiger partial charge on any atom is 0.0614 e. The molecule has 0 aliphatic rings. The van der Waals surface area contributed by atoms with Gasteiger partial charge in [0, 0.05) is 0 Å². The van der Waals surface area contributed by atoms with Gasteiger partial charge in [-0.05, 0) is 28.8 Å². The van der Waals surface area contributed by atoms with E-state index in [0.717, 1.165) is 18.7 Å². The molecule has 0 amide bonds. The third-order valence-electron chi connectivity index (χ3n) is 3.73. The second-order valence-corrected chi connectivity index (χ2v) is 6.53. The normalized spacial score (nSPS) is 11.0. The molecular weight excluding hydrogens is 351 g/mol. The minimum atomic E-state index is 0.531. The van der Waals surface area contributed by atoms with Crippen molar-refractivity contribution in [3.63, 3.8) is 0 Å². The lowest BCUT2D eigenvalue weighted by Gasteiger charge is -2.19. The predicted octanol–water partition coefficient (Wildman–Crippen LogP) is 6.03. The zero-order chi connectivity index (χ0) is 17.5. The average molecular weight is 369 g/mol. The Morgan fingerprint density at radius 3 is 1.80 bits per heavy atom. The highest BCUT2D eigenvalue weighted by molar-refractivity contribution is 6.42. The predicted molar refractivity (Wildman–Crippen MR) is 106 cm³/mol. The van der Waals surface area contributed by atoms with Gasteiger partial charge in [0.2, 0.25) is 0 Å². The zero-order valence-corrected chi connectivity index (χ0v) is 15.2. The van der Waals surface area contributed by atoms with Gasteiger partial charge in [-0.1, -0.05) is 89.9 Å². The summed E-state index contributed by atoms with van der Waals surface area (Å²) in [4.78, 5) is 0. The van der Waals surface area contributed by atoms with E-state index in [4.69, 9.17) is 23.2 Å². The number of halogens is 2. The van der Waals surface area contributed by atoms with Crippen molar-refractivity contribution >= 4 is 29.4 Å². The summed E-state index contributed by atoms with van der Waals surface area (Å²) in [6.45, 7) is 1.46. The molecule has 3 aromatic rings. The van der Waals surface area contributed by atoms with Gasteiger partial charge >= 0.3 is 0 Å². The fraction of sp³-hybridized carbons (Fsp3) is 0.0952. The Bertz CT molecular complexity index is 792. The Morgan fingerprint density at radius 1 is 0.720 bits per heavy atom. The van der Waals surface area contributed by atoms with Crippen molar-refractivity contribution in [3.8, 4) is 0 Å². The molecule has 0 aliphatic carbocycles. The number of rotatable bonds is 6. The van der Waals surface area contributed by atoms with Gasteiger partial charge < -0.3 is 0 Å². The van der Waals surface area contributed by atoms with Gasteiger partial charge in [0.1, 0.15) is 0 Å². The molecule has 0 aromatic heterocycles. The fourth-order valence-electron chi connectivity index (χ4n) is 2.47. The van der Waals surface area contributed by atoms with Crippen LogP contribution in [0.25, 0.3) is 0 Å². The number of hydrazone groups is 1. The van der Waals surface area contributed by atoms with E-state index in [1.807, 2.05) is 59.8 Å². The lowest BCUT2D eigenvalue weighted by Crippen LogP contribution is -2.17. The van der Waals surface area contributed by atoms with Gasteiger partial charge in [0.15, 0.2) is 0 Å². The van der Waals surface area contributed by atoms with Gasteiger partial charge in [-0.15, -0.1) is 0 Å². The molecule has 3 rings (SSSR count). The van der Waals surface area contributed by atoms with Gasteiger partial charge in [-0.25, -0.2) is 0 Å². The van der Waals surface area contributed by atoms with Crippen molar-refractivity contribution in [2.45, 2.75) is 13.1 Å². The number of hydrogen-bond donors (Lipinski definition) is 0. The first-order chi connectivity index (χ1) is 12.2. The van der Waals surface area contributed by atoms with Crippen molar-refractivity contribution in [1.82, 2.24) is 5.01 Å². The van der Waals surface area contributed by atoms with Crippen molar-refractivity contribution in [2.75, 3.05) is 0 Å². The van der Waals surface area contributed by atoms with Gasteiger partial charge in [0.25, 0.3) is 0 Å². The van der Waals surface area contributed by atoms with Gasteiger partial charge in [-0.2, -0.15) is 5.10 Å². The minimum Gasteiger partial charge on any atom is -0.288 e. The fourth-order valence-corrected chi connectivity index (χ4v) is 2.77. The third kappa shape index (κ3) is 5.35. The number of hydrogen-bond acceptors (Lipinski definition) is 2. The monoisotopic (exact) mass is 368 g/mol. The van der Waals surface area contributed by atoms with Crippen LogP contribution in [0.2, 0.25) is 10.0 Å². The Morgan fingerprint density at radius 2 is 1.28 bits per heavy atom. The molecule has 126 valence electrons. The highest BCUT2D eigenvalue weighted by Crippen LogP contribution is 2.22. The second kappa shape index (κ2) is 8.70. The van der Waals surface area contributed by atoms with E-state index in [2.05, 4.69) is 29.4 Å². The number of benzene rings is 3. The van der Waals surface area contributed by atoms with Crippen molar-refractivity contribution in [1.29, 1.82) is 0 Å². The van der Waals surface area contributed by atoms with Crippen LogP contribution in [-0.4, -0.2) is 11.2 Å². The Labute approximate surface area is 158 Å². The van der Waals surface area contributed by atoms with E-state index >= 15 is 0 Å². The molecule has 0 radical (unpaired) electrons. The SMILES string of the molecule is Clc1ccc(C=NN(Cc2ccccc2)Cc2ccccc2)cc1Cl.